The van der Waals surface area contributed by atoms with Crippen molar-refractivity contribution in [3.8, 4) is 5.69 Å². The van der Waals surface area contributed by atoms with Gasteiger partial charge in [0.25, 0.3) is 0 Å². The van der Waals surface area contributed by atoms with Gasteiger partial charge in [0.05, 0.1) is 11.0 Å². The summed E-state index contributed by atoms with van der Waals surface area (Å²) < 4.78 is 2.36. The Morgan fingerprint density at radius 3 is 1.75 bits per heavy atom. The molecule has 5 aromatic rings. The van der Waals surface area contributed by atoms with Crippen LogP contribution >= 0.6 is 0 Å². The number of fused-ring (bicyclic) bond motifs is 4. The van der Waals surface area contributed by atoms with Crippen LogP contribution in [0.3, 0.4) is 0 Å². The van der Waals surface area contributed by atoms with Gasteiger partial charge in [-0.15, -0.1) is 0 Å². The fourth-order valence-electron chi connectivity index (χ4n) is 3.51. The summed E-state index contributed by atoms with van der Waals surface area (Å²) in [6.07, 6.45) is 0. The fraction of sp³-hybridized carbons (Fsp3) is 0.185. The summed E-state index contributed by atoms with van der Waals surface area (Å²) in [5.41, 5.74) is 4.22. The largest absolute Gasteiger partial charge is 0.309 e. The highest BCUT2D eigenvalue weighted by molar-refractivity contribution is 6.13. The van der Waals surface area contributed by atoms with E-state index in [4.69, 9.17) is 0 Å². The molecule has 0 saturated carbocycles. The smallest absolute Gasteiger partial charge is 0.0547 e. The molecule has 4 aromatic carbocycles. The highest BCUT2D eigenvalue weighted by Crippen LogP contribution is 2.34. The number of hydrogen-bond donors (Lipinski definition) is 0. The molecule has 0 saturated heterocycles. The Morgan fingerprint density at radius 1 is 0.536 bits per heavy atom. The van der Waals surface area contributed by atoms with Crippen LogP contribution in [-0.2, 0) is 0 Å². The molecule has 0 radical (unpaired) electrons. The number of para-hydroxylation sites is 2. The molecule has 1 aromatic heterocycles. The highest BCUT2D eigenvalue weighted by Gasteiger charge is 2.12. The first kappa shape index (κ1) is 18.3. The quantitative estimate of drug-likeness (QED) is 0.284. The Labute approximate surface area is 167 Å². The summed E-state index contributed by atoms with van der Waals surface area (Å²) in [5.74, 6) is 0. The van der Waals surface area contributed by atoms with Crippen molar-refractivity contribution in [1.82, 2.24) is 4.57 Å². The average Bonchev–Trinajstić information content (AvgIpc) is 2.99. The van der Waals surface area contributed by atoms with Gasteiger partial charge in [-0.1, -0.05) is 88.4 Å². The molecule has 0 bridgehead atoms. The lowest BCUT2D eigenvalue weighted by atomic mass is 10.0. The third kappa shape index (κ3) is 3.66. The molecule has 0 spiro atoms. The van der Waals surface area contributed by atoms with Crippen molar-refractivity contribution in [3.63, 3.8) is 0 Å². The zero-order chi connectivity index (χ0) is 19.7. The van der Waals surface area contributed by atoms with Crippen LogP contribution in [0.25, 0.3) is 38.3 Å². The maximum atomic E-state index is 2.36. The summed E-state index contributed by atoms with van der Waals surface area (Å²) in [6.45, 7) is 8.75. The van der Waals surface area contributed by atoms with Crippen LogP contribution < -0.4 is 0 Å². The fourth-order valence-corrected chi connectivity index (χ4v) is 3.51. The number of nitrogens with zero attached hydrogens (tertiary/aromatic N) is 1. The van der Waals surface area contributed by atoms with Gasteiger partial charge < -0.3 is 4.57 Å². The third-order valence-electron chi connectivity index (χ3n) is 4.55. The Hall–Kier alpha value is -3.06. The second-order valence-corrected chi connectivity index (χ2v) is 8.90. The molecular weight excluding hydrogens is 338 g/mol. The second-order valence-electron chi connectivity index (χ2n) is 8.90. The van der Waals surface area contributed by atoms with Crippen LogP contribution in [0.1, 0.15) is 27.7 Å². The van der Waals surface area contributed by atoms with E-state index in [0.29, 0.717) is 5.41 Å². The summed E-state index contributed by atoms with van der Waals surface area (Å²) in [5, 5.41) is 5.18. The van der Waals surface area contributed by atoms with Gasteiger partial charge in [-0.3, -0.25) is 0 Å². The zero-order valence-corrected chi connectivity index (χ0v) is 17.1. The Morgan fingerprint density at radius 2 is 1.07 bits per heavy atom. The van der Waals surface area contributed by atoms with Crippen molar-refractivity contribution in [2.24, 2.45) is 5.41 Å². The summed E-state index contributed by atoms with van der Waals surface area (Å²) in [4.78, 5) is 0. The van der Waals surface area contributed by atoms with E-state index in [2.05, 4.69) is 123 Å². The third-order valence-corrected chi connectivity index (χ3v) is 4.55. The molecule has 0 aliphatic carbocycles. The summed E-state index contributed by atoms with van der Waals surface area (Å²) in [7, 11) is 0. The average molecular weight is 366 g/mol. The van der Waals surface area contributed by atoms with Gasteiger partial charge in [-0.2, -0.15) is 0 Å². The van der Waals surface area contributed by atoms with Crippen LogP contribution in [0.2, 0.25) is 0 Å². The van der Waals surface area contributed by atoms with E-state index in [0.717, 1.165) is 0 Å². The lowest BCUT2D eigenvalue weighted by Gasteiger charge is -2.08. The summed E-state index contributed by atoms with van der Waals surface area (Å²) >= 11 is 0. The predicted molar refractivity (Wildman–Crippen MR) is 123 cm³/mol. The van der Waals surface area contributed by atoms with E-state index >= 15 is 0 Å². The molecule has 0 aliphatic rings. The first-order valence-electron chi connectivity index (χ1n) is 9.89. The van der Waals surface area contributed by atoms with E-state index in [1.54, 1.807) is 0 Å². The van der Waals surface area contributed by atoms with Crippen molar-refractivity contribution in [3.05, 3.63) is 91.0 Å². The summed E-state index contributed by atoms with van der Waals surface area (Å²) in [6, 6.07) is 32.4. The van der Waals surface area contributed by atoms with E-state index in [1.807, 2.05) is 0 Å². The molecule has 1 heteroatoms. The zero-order valence-electron chi connectivity index (χ0n) is 17.1. The van der Waals surface area contributed by atoms with Crippen LogP contribution in [0.5, 0.6) is 0 Å². The Bertz CT molecular complexity index is 1230. The van der Waals surface area contributed by atoms with E-state index in [-0.39, 0.29) is 0 Å². The van der Waals surface area contributed by atoms with Gasteiger partial charge >= 0.3 is 0 Å². The number of rotatable bonds is 1. The molecule has 5 rings (SSSR count). The van der Waals surface area contributed by atoms with Gasteiger partial charge in [0.1, 0.15) is 0 Å². The van der Waals surface area contributed by atoms with Crippen LogP contribution in [0.4, 0.5) is 0 Å². The van der Waals surface area contributed by atoms with Crippen molar-refractivity contribution in [2.45, 2.75) is 27.7 Å². The molecule has 0 N–H and O–H groups in total. The highest BCUT2D eigenvalue weighted by atomic mass is 15.0. The monoisotopic (exact) mass is 365 g/mol. The minimum Gasteiger partial charge on any atom is -0.309 e. The number of aromatic nitrogens is 1. The van der Waals surface area contributed by atoms with Crippen LogP contribution in [0.15, 0.2) is 91.0 Å². The SMILES string of the molecule is CC(C)(C)C.c1ccc(-n2c3ccccc3c3cc4ccccc4cc32)cc1. The Balaban J connectivity index is 0.000000346. The standard InChI is InChI=1S/C22H15N.C5H12/c1-2-10-18(11-3-1)23-21-13-7-6-12-19(21)20-14-16-8-4-5-9-17(16)15-22(20)23;1-5(2,3)4/h1-15H;1-4H3. The molecule has 0 fully saturated rings. The lowest BCUT2D eigenvalue weighted by molar-refractivity contribution is 0.469. The van der Waals surface area contributed by atoms with Gasteiger partial charge in [0.15, 0.2) is 0 Å². The molecule has 28 heavy (non-hydrogen) atoms. The van der Waals surface area contributed by atoms with Gasteiger partial charge in [0, 0.05) is 16.5 Å². The van der Waals surface area contributed by atoms with Crippen LogP contribution in [-0.4, -0.2) is 4.57 Å². The molecule has 0 atom stereocenters. The molecule has 0 aliphatic heterocycles. The molecule has 1 nitrogen and oxygen atoms in total. The maximum absolute atomic E-state index is 2.36. The Kier molecular flexibility index (Phi) is 4.68. The molecule has 0 unspecified atom stereocenters. The minimum absolute atomic E-state index is 0.500. The normalized spacial score (nSPS) is 11.6. The van der Waals surface area contributed by atoms with Crippen molar-refractivity contribution < 1.29 is 0 Å². The first-order chi connectivity index (χ1) is 13.4. The molecule has 140 valence electrons. The van der Waals surface area contributed by atoms with E-state index in [9.17, 15) is 0 Å². The van der Waals surface area contributed by atoms with Gasteiger partial charge in [-0.25, -0.2) is 0 Å². The van der Waals surface area contributed by atoms with Crippen molar-refractivity contribution in [1.29, 1.82) is 0 Å². The molecule has 0 amide bonds. The van der Waals surface area contributed by atoms with E-state index < -0.39 is 0 Å². The topological polar surface area (TPSA) is 4.93 Å². The lowest BCUT2D eigenvalue weighted by Crippen LogP contribution is -1.93. The van der Waals surface area contributed by atoms with Crippen molar-refractivity contribution in [2.75, 3.05) is 0 Å². The molecule has 1 heterocycles. The number of hydrogen-bond acceptors (Lipinski definition) is 0. The van der Waals surface area contributed by atoms with Crippen LogP contribution in [0, 0.1) is 5.41 Å². The van der Waals surface area contributed by atoms with Gasteiger partial charge in [-0.05, 0) is 46.5 Å². The van der Waals surface area contributed by atoms with Crippen molar-refractivity contribution >= 4 is 32.6 Å². The molecular formula is C27H27N. The first-order valence-corrected chi connectivity index (χ1v) is 9.89. The van der Waals surface area contributed by atoms with Gasteiger partial charge in [0.2, 0.25) is 0 Å². The number of benzene rings is 4. The minimum atomic E-state index is 0.500. The van der Waals surface area contributed by atoms with E-state index in [1.165, 1.54) is 38.3 Å². The second kappa shape index (κ2) is 7.16. The maximum Gasteiger partial charge on any atom is 0.0547 e. The predicted octanol–water partition coefficient (Wildman–Crippen LogP) is 7.99.